The van der Waals surface area contributed by atoms with Gasteiger partial charge >= 0.3 is 0 Å². The van der Waals surface area contributed by atoms with Crippen molar-refractivity contribution in [3.63, 3.8) is 0 Å². The molecule has 1 aromatic carbocycles. The number of aromatic hydroxyl groups is 1. The van der Waals surface area contributed by atoms with Crippen LogP contribution in [-0.2, 0) is 0 Å². The standard InChI is InChI=1S/C9H7NO.BrH/c11-9-5-1-4-8-7(9)3-2-6-10-8;/h1-6,11H;1H. The fraction of sp³-hybridized carbons (Fsp3) is 0. The number of hydrogen-bond acceptors (Lipinski definition) is 2. The first-order valence-electron chi connectivity index (χ1n) is 3.40. The van der Waals surface area contributed by atoms with Crippen molar-refractivity contribution in [1.82, 2.24) is 4.98 Å². The second-order valence-electron chi connectivity index (χ2n) is 2.35. The topological polar surface area (TPSA) is 33.1 Å². The van der Waals surface area contributed by atoms with Gasteiger partial charge in [-0.25, -0.2) is 0 Å². The van der Waals surface area contributed by atoms with Gasteiger partial charge in [0, 0.05) is 11.6 Å². The Bertz CT molecular complexity index is 384. The lowest BCUT2D eigenvalue weighted by atomic mass is 10.2. The lowest BCUT2D eigenvalue weighted by molar-refractivity contribution is 0.481. The van der Waals surface area contributed by atoms with E-state index >= 15 is 0 Å². The minimum atomic E-state index is 0. The Balaban J connectivity index is 0.000000720. The average Bonchev–Trinajstić information content (AvgIpc) is 2.06. The van der Waals surface area contributed by atoms with Crippen LogP contribution in [0.3, 0.4) is 0 Å². The van der Waals surface area contributed by atoms with Gasteiger partial charge in [-0.3, -0.25) is 4.98 Å². The van der Waals surface area contributed by atoms with Crippen LogP contribution in [0.1, 0.15) is 0 Å². The zero-order valence-corrected chi connectivity index (χ0v) is 7.98. The van der Waals surface area contributed by atoms with Gasteiger partial charge in [-0.2, -0.15) is 0 Å². The molecule has 0 spiro atoms. The predicted octanol–water partition coefficient (Wildman–Crippen LogP) is 2.52. The maximum absolute atomic E-state index is 9.33. The Labute approximate surface area is 80.6 Å². The number of fused-ring (bicyclic) bond motifs is 1. The Morgan fingerprint density at radius 3 is 2.67 bits per heavy atom. The van der Waals surface area contributed by atoms with Crippen LogP contribution in [0.4, 0.5) is 0 Å². The number of nitrogens with zero attached hydrogens (tertiary/aromatic N) is 1. The van der Waals surface area contributed by atoms with E-state index in [1.165, 1.54) is 0 Å². The number of rotatable bonds is 0. The quantitative estimate of drug-likeness (QED) is 0.748. The van der Waals surface area contributed by atoms with Gasteiger partial charge in [0.15, 0.2) is 0 Å². The van der Waals surface area contributed by atoms with Gasteiger partial charge in [-0.05, 0) is 24.3 Å². The molecular formula is C9H8BrNO. The molecule has 0 aliphatic heterocycles. The third-order valence-electron chi connectivity index (χ3n) is 1.62. The summed E-state index contributed by atoms with van der Waals surface area (Å²) in [4.78, 5) is 4.08. The summed E-state index contributed by atoms with van der Waals surface area (Å²) in [5.41, 5.74) is 0.826. The molecule has 0 bridgehead atoms. The van der Waals surface area contributed by atoms with Crippen LogP contribution in [0.2, 0.25) is 0 Å². The molecule has 0 saturated heterocycles. The number of phenolic OH excluding ortho intramolecular Hbond substituents is 1. The Hall–Kier alpha value is -1.09. The molecule has 1 heterocycles. The highest BCUT2D eigenvalue weighted by molar-refractivity contribution is 8.93. The fourth-order valence-electron chi connectivity index (χ4n) is 1.09. The molecule has 1 N–H and O–H groups in total. The molecule has 2 nitrogen and oxygen atoms in total. The van der Waals surface area contributed by atoms with Crippen LogP contribution in [0, 0.1) is 0 Å². The van der Waals surface area contributed by atoms with Gasteiger partial charge in [-0.15, -0.1) is 17.0 Å². The Morgan fingerprint density at radius 1 is 1.08 bits per heavy atom. The van der Waals surface area contributed by atoms with E-state index in [4.69, 9.17) is 0 Å². The van der Waals surface area contributed by atoms with Crippen LogP contribution < -0.4 is 0 Å². The van der Waals surface area contributed by atoms with Crippen molar-refractivity contribution in [2.45, 2.75) is 0 Å². The highest BCUT2D eigenvalue weighted by Gasteiger charge is 1.95. The van der Waals surface area contributed by atoms with E-state index in [9.17, 15) is 5.11 Å². The summed E-state index contributed by atoms with van der Waals surface area (Å²) in [6.07, 6.45) is 1.71. The molecule has 1 aromatic heterocycles. The Kier molecular flexibility index (Phi) is 2.65. The van der Waals surface area contributed by atoms with Gasteiger partial charge in [0.25, 0.3) is 0 Å². The summed E-state index contributed by atoms with van der Waals surface area (Å²) in [5, 5.41) is 10.1. The van der Waals surface area contributed by atoms with Crippen molar-refractivity contribution >= 4 is 27.9 Å². The van der Waals surface area contributed by atoms with Gasteiger partial charge < -0.3 is 5.11 Å². The van der Waals surface area contributed by atoms with E-state index < -0.39 is 0 Å². The molecule has 12 heavy (non-hydrogen) atoms. The first-order valence-corrected chi connectivity index (χ1v) is 3.40. The molecule has 3 heteroatoms. The van der Waals surface area contributed by atoms with Crippen molar-refractivity contribution in [2.75, 3.05) is 0 Å². The highest BCUT2D eigenvalue weighted by atomic mass is 79.9. The molecule has 0 unspecified atom stereocenters. The van der Waals surface area contributed by atoms with E-state index in [1.807, 2.05) is 18.2 Å². The maximum atomic E-state index is 9.33. The molecule has 0 aliphatic rings. The third-order valence-corrected chi connectivity index (χ3v) is 1.62. The second-order valence-corrected chi connectivity index (χ2v) is 2.35. The fourth-order valence-corrected chi connectivity index (χ4v) is 1.09. The smallest absolute Gasteiger partial charge is 0.124 e. The number of benzene rings is 1. The highest BCUT2D eigenvalue weighted by Crippen LogP contribution is 2.21. The second kappa shape index (κ2) is 3.54. The number of pyridine rings is 1. The monoisotopic (exact) mass is 225 g/mol. The molecular weight excluding hydrogens is 218 g/mol. The SMILES string of the molecule is Br.Oc1cccc2ncccc12. The van der Waals surface area contributed by atoms with E-state index in [1.54, 1.807) is 18.3 Å². The average molecular weight is 226 g/mol. The van der Waals surface area contributed by atoms with E-state index in [2.05, 4.69) is 4.98 Å². The zero-order chi connectivity index (χ0) is 7.68. The summed E-state index contributed by atoms with van der Waals surface area (Å²) < 4.78 is 0. The Morgan fingerprint density at radius 2 is 1.92 bits per heavy atom. The summed E-state index contributed by atoms with van der Waals surface area (Å²) in [7, 11) is 0. The molecule has 0 fully saturated rings. The minimum absolute atomic E-state index is 0. The molecule has 2 aromatic rings. The number of hydrogen-bond donors (Lipinski definition) is 1. The number of halogens is 1. The van der Waals surface area contributed by atoms with Crippen LogP contribution in [0.15, 0.2) is 36.5 Å². The van der Waals surface area contributed by atoms with Crippen molar-refractivity contribution in [3.05, 3.63) is 36.5 Å². The molecule has 0 atom stereocenters. The van der Waals surface area contributed by atoms with E-state index in [0.29, 0.717) is 0 Å². The first-order chi connectivity index (χ1) is 5.38. The molecule has 0 radical (unpaired) electrons. The largest absolute Gasteiger partial charge is 0.507 e. The number of phenols is 1. The lowest BCUT2D eigenvalue weighted by Crippen LogP contribution is -1.75. The van der Waals surface area contributed by atoms with Gasteiger partial charge in [0.05, 0.1) is 5.52 Å². The van der Waals surface area contributed by atoms with Gasteiger partial charge in [-0.1, -0.05) is 6.07 Å². The lowest BCUT2D eigenvalue weighted by Gasteiger charge is -1.96. The van der Waals surface area contributed by atoms with Crippen LogP contribution in [-0.4, -0.2) is 10.1 Å². The van der Waals surface area contributed by atoms with Crippen LogP contribution in [0.5, 0.6) is 5.75 Å². The molecule has 2 rings (SSSR count). The molecule has 0 aliphatic carbocycles. The predicted molar refractivity (Wildman–Crippen MR) is 53.7 cm³/mol. The van der Waals surface area contributed by atoms with Crippen molar-refractivity contribution < 1.29 is 5.11 Å². The van der Waals surface area contributed by atoms with Crippen molar-refractivity contribution in [2.24, 2.45) is 0 Å². The maximum Gasteiger partial charge on any atom is 0.124 e. The summed E-state index contributed by atoms with van der Waals surface area (Å²) >= 11 is 0. The van der Waals surface area contributed by atoms with E-state index in [0.717, 1.165) is 10.9 Å². The van der Waals surface area contributed by atoms with Crippen molar-refractivity contribution in [3.8, 4) is 5.75 Å². The van der Waals surface area contributed by atoms with Crippen molar-refractivity contribution in [1.29, 1.82) is 0 Å². The third kappa shape index (κ3) is 1.41. The summed E-state index contributed by atoms with van der Waals surface area (Å²) in [5.74, 6) is 0.288. The summed E-state index contributed by atoms with van der Waals surface area (Å²) in [6, 6.07) is 8.96. The van der Waals surface area contributed by atoms with Gasteiger partial charge in [0.2, 0.25) is 0 Å². The number of aromatic nitrogens is 1. The van der Waals surface area contributed by atoms with Crippen LogP contribution in [0.25, 0.3) is 10.9 Å². The molecule has 0 amide bonds. The van der Waals surface area contributed by atoms with Gasteiger partial charge in [0.1, 0.15) is 5.75 Å². The van der Waals surface area contributed by atoms with E-state index in [-0.39, 0.29) is 22.7 Å². The zero-order valence-electron chi connectivity index (χ0n) is 6.27. The molecule has 62 valence electrons. The molecule has 0 saturated carbocycles. The normalized spacial score (nSPS) is 9.33. The van der Waals surface area contributed by atoms with Crippen LogP contribution >= 0.6 is 17.0 Å². The first kappa shape index (κ1) is 9.00. The summed E-state index contributed by atoms with van der Waals surface area (Å²) in [6.45, 7) is 0. The minimum Gasteiger partial charge on any atom is -0.507 e.